The molecule has 0 saturated heterocycles. The predicted molar refractivity (Wildman–Crippen MR) is 72.4 cm³/mol. The van der Waals surface area contributed by atoms with Gasteiger partial charge in [-0.1, -0.05) is 17.7 Å². The van der Waals surface area contributed by atoms with Gasteiger partial charge in [0.2, 0.25) is 5.95 Å². The van der Waals surface area contributed by atoms with Crippen LogP contribution in [-0.2, 0) is 0 Å². The summed E-state index contributed by atoms with van der Waals surface area (Å²) in [7, 11) is 0. The monoisotopic (exact) mass is 243 g/mol. The van der Waals surface area contributed by atoms with Crippen LogP contribution in [0.15, 0.2) is 29.8 Å². The Morgan fingerprint density at radius 1 is 1.29 bits per heavy atom. The van der Waals surface area contributed by atoms with Crippen molar-refractivity contribution < 1.29 is 0 Å². The van der Waals surface area contributed by atoms with E-state index in [0.717, 1.165) is 10.5 Å². The van der Waals surface area contributed by atoms with Crippen LogP contribution in [0, 0.1) is 13.8 Å². The van der Waals surface area contributed by atoms with Crippen molar-refractivity contribution in [2.24, 2.45) is 0 Å². The lowest BCUT2D eigenvalue weighted by Crippen LogP contribution is -1.96. The Labute approximate surface area is 104 Å². The Balaban J connectivity index is 2.33. The molecule has 0 bridgehead atoms. The molecule has 0 aliphatic carbocycles. The van der Waals surface area contributed by atoms with Gasteiger partial charge in [0.05, 0.1) is 11.9 Å². The molecule has 0 unspecified atom stereocenters. The van der Waals surface area contributed by atoms with E-state index in [0.29, 0.717) is 5.95 Å². The first-order valence-electron chi connectivity index (χ1n) is 5.45. The van der Waals surface area contributed by atoms with Crippen LogP contribution in [0.1, 0.15) is 11.1 Å². The molecule has 0 radical (unpaired) electrons. The molecule has 3 aromatic rings. The van der Waals surface area contributed by atoms with Crippen molar-refractivity contribution in [1.29, 1.82) is 0 Å². The molecule has 2 aromatic heterocycles. The van der Waals surface area contributed by atoms with Gasteiger partial charge in [-0.3, -0.25) is 4.40 Å². The largest absolute Gasteiger partial charge is 0.369 e. The number of fused-ring (bicyclic) bond motifs is 1. The molecule has 86 valence electrons. The number of aromatic nitrogens is 2. The fraction of sp³-hybridized carbons (Fsp3) is 0.154. The maximum Gasteiger partial charge on any atom is 0.206 e. The summed E-state index contributed by atoms with van der Waals surface area (Å²) in [6.45, 7) is 4.22. The third-order valence-corrected chi connectivity index (χ3v) is 3.83. The summed E-state index contributed by atoms with van der Waals surface area (Å²) in [5, 5.41) is 2.13. The lowest BCUT2D eigenvalue weighted by molar-refractivity contribution is 1.19. The van der Waals surface area contributed by atoms with E-state index in [1.165, 1.54) is 16.7 Å². The number of nitrogens with zero attached hydrogens (tertiary/aromatic N) is 2. The highest BCUT2D eigenvalue weighted by molar-refractivity contribution is 7.16. The molecule has 0 saturated carbocycles. The molecule has 0 fully saturated rings. The van der Waals surface area contributed by atoms with E-state index >= 15 is 0 Å². The first-order valence-corrected chi connectivity index (χ1v) is 6.33. The molecule has 2 heterocycles. The Morgan fingerprint density at radius 3 is 2.94 bits per heavy atom. The van der Waals surface area contributed by atoms with Crippen molar-refractivity contribution in [3.8, 4) is 11.3 Å². The van der Waals surface area contributed by atoms with Gasteiger partial charge in [-0.15, -0.1) is 11.3 Å². The van der Waals surface area contributed by atoms with Gasteiger partial charge in [0.15, 0.2) is 0 Å². The standard InChI is InChI=1S/C13H13N3S/c1-8-3-4-9(2)10(5-8)11-7-17-12-6-15-13(14)16(11)12/h3-7H,1-2H3,(H2,14,15). The van der Waals surface area contributed by atoms with E-state index in [-0.39, 0.29) is 0 Å². The van der Waals surface area contributed by atoms with Gasteiger partial charge in [-0.2, -0.15) is 0 Å². The number of benzene rings is 1. The van der Waals surface area contributed by atoms with E-state index in [4.69, 9.17) is 5.73 Å². The number of rotatable bonds is 1. The van der Waals surface area contributed by atoms with Crippen LogP contribution in [0.2, 0.25) is 0 Å². The molecule has 1 aromatic carbocycles. The molecule has 0 atom stereocenters. The summed E-state index contributed by atoms with van der Waals surface area (Å²) in [5.74, 6) is 0.553. The van der Waals surface area contributed by atoms with Gasteiger partial charge in [-0.05, 0) is 25.5 Å². The van der Waals surface area contributed by atoms with Crippen LogP contribution < -0.4 is 5.73 Å². The summed E-state index contributed by atoms with van der Waals surface area (Å²) in [5.41, 5.74) is 10.8. The zero-order chi connectivity index (χ0) is 12.0. The predicted octanol–water partition coefficient (Wildman–Crippen LogP) is 3.26. The average Bonchev–Trinajstić information content (AvgIpc) is 2.86. The Bertz CT molecular complexity index is 694. The number of imidazole rings is 1. The number of nitrogens with two attached hydrogens (primary N) is 1. The van der Waals surface area contributed by atoms with Crippen molar-refractivity contribution in [2.75, 3.05) is 5.73 Å². The number of hydrogen-bond acceptors (Lipinski definition) is 3. The van der Waals surface area contributed by atoms with Gasteiger partial charge >= 0.3 is 0 Å². The smallest absolute Gasteiger partial charge is 0.206 e. The highest BCUT2D eigenvalue weighted by Gasteiger charge is 2.11. The minimum absolute atomic E-state index is 0.553. The van der Waals surface area contributed by atoms with Gasteiger partial charge in [0.25, 0.3) is 0 Å². The second-order valence-corrected chi connectivity index (χ2v) is 5.12. The summed E-state index contributed by atoms with van der Waals surface area (Å²) in [6.07, 6.45) is 1.81. The van der Waals surface area contributed by atoms with E-state index in [1.807, 2.05) is 10.6 Å². The average molecular weight is 243 g/mol. The highest BCUT2D eigenvalue weighted by Crippen LogP contribution is 2.31. The Kier molecular flexibility index (Phi) is 2.19. The molecular formula is C13H13N3S. The molecule has 3 nitrogen and oxygen atoms in total. The molecule has 0 aliphatic rings. The van der Waals surface area contributed by atoms with Crippen LogP contribution in [0.5, 0.6) is 0 Å². The zero-order valence-corrected chi connectivity index (χ0v) is 10.6. The van der Waals surface area contributed by atoms with Gasteiger partial charge < -0.3 is 5.73 Å². The minimum Gasteiger partial charge on any atom is -0.369 e. The number of thiazole rings is 1. The SMILES string of the molecule is Cc1ccc(C)c(-c2csc3cnc(N)n23)c1. The quantitative estimate of drug-likeness (QED) is 0.713. The van der Waals surface area contributed by atoms with Crippen LogP contribution in [0.25, 0.3) is 16.1 Å². The Hall–Kier alpha value is -1.81. The summed E-state index contributed by atoms with van der Waals surface area (Å²) in [4.78, 5) is 5.23. The Morgan fingerprint density at radius 2 is 2.12 bits per heavy atom. The molecule has 3 rings (SSSR count). The molecule has 0 spiro atoms. The van der Waals surface area contributed by atoms with Crippen molar-refractivity contribution in [3.63, 3.8) is 0 Å². The molecule has 4 heteroatoms. The zero-order valence-electron chi connectivity index (χ0n) is 9.77. The minimum atomic E-state index is 0.553. The number of aryl methyl sites for hydroxylation is 2. The van der Waals surface area contributed by atoms with Crippen molar-refractivity contribution in [3.05, 3.63) is 40.9 Å². The van der Waals surface area contributed by atoms with Crippen molar-refractivity contribution in [1.82, 2.24) is 9.38 Å². The molecular weight excluding hydrogens is 230 g/mol. The number of anilines is 1. The fourth-order valence-electron chi connectivity index (χ4n) is 2.04. The van der Waals surface area contributed by atoms with Crippen LogP contribution in [0.3, 0.4) is 0 Å². The number of hydrogen-bond donors (Lipinski definition) is 1. The second kappa shape index (κ2) is 3.60. The van der Waals surface area contributed by atoms with Crippen molar-refractivity contribution in [2.45, 2.75) is 13.8 Å². The third kappa shape index (κ3) is 1.52. The van der Waals surface area contributed by atoms with E-state index in [1.54, 1.807) is 11.3 Å². The summed E-state index contributed by atoms with van der Waals surface area (Å²) in [6, 6.07) is 6.46. The number of nitrogen functional groups attached to an aromatic ring is 1. The highest BCUT2D eigenvalue weighted by atomic mass is 32.1. The molecule has 0 amide bonds. The van der Waals surface area contributed by atoms with E-state index in [2.05, 4.69) is 42.4 Å². The first kappa shape index (κ1) is 10.4. The second-order valence-electron chi connectivity index (χ2n) is 4.23. The lowest BCUT2D eigenvalue weighted by atomic mass is 10.0. The molecule has 17 heavy (non-hydrogen) atoms. The van der Waals surface area contributed by atoms with E-state index in [9.17, 15) is 0 Å². The van der Waals surface area contributed by atoms with Crippen molar-refractivity contribution >= 4 is 22.1 Å². The van der Waals surface area contributed by atoms with Gasteiger partial charge in [-0.25, -0.2) is 4.98 Å². The van der Waals surface area contributed by atoms with Gasteiger partial charge in [0.1, 0.15) is 4.83 Å². The molecule has 0 aliphatic heterocycles. The summed E-state index contributed by atoms with van der Waals surface area (Å²) >= 11 is 1.66. The van der Waals surface area contributed by atoms with Gasteiger partial charge in [0, 0.05) is 10.9 Å². The molecule has 2 N–H and O–H groups in total. The van der Waals surface area contributed by atoms with E-state index < -0.39 is 0 Å². The fourth-order valence-corrected chi connectivity index (χ4v) is 2.92. The summed E-state index contributed by atoms with van der Waals surface area (Å²) < 4.78 is 2.01. The normalized spacial score (nSPS) is 11.2. The van der Waals surface area contributed by atoms with Crippen LogP contribution in [-0.4, -0.2) is 9.38 Å². The topological polar surface area (TPSA) is 43.3 Å². The lowest BCUT2D eigenvalue weighted by Gasteiger charge is -2.06. The maximum absolute atomic E-state index is 5.91. The van der Waals surface area contributed by atoms with Crippen LogP contribution in [0.4, 0.5) is 5.95 Å². The third-order valence-electron chi connectivity index (χ3n) is 2.96. The van der Waals surface area contributed by atoms with Crippen LogP contribution >= 0.6 is 11.3 Å². The first-order chi connectivity index (χ1) is 8.16. The maximum atomic E-state index is 5.91.